The summed E-state index contributed by atoms with van der Waals surface area (Å²) in [5, 5.41) is 11.4. The Morgan fingerprint density at radius 1 is 1.30 bits per heavy atom. The van der Waals surface area contributed by atoms with E-state index in [0.717, 1.165) is 5.56 Å². The second-order valence-electron chi connectivity index (χ2n) is 5.19. The van der Waals surface area contributed by atoms with E-state index in [1.807, 2.05) is 6.07 Å². The molecule has 23 heavy (non-hydrogen) atoms. The zero-order valence-corrected chi connectivity index (χ0v) is 12.8. The fourth-order valence-electron chi connectivity index (χ4n) is 1.92. The molecular formula is C18H17FN2O2. The molecule has 5 heteroatoms. The summed E-state index contributed by atoms with van der Waals surface area (Å²) >= 11 is 0. The fourth-order valence-corrected chi connectivity index (χ4v) is 1.92. The second-order valence-corrected chi connectivity index (χ2v) is 5.19. The number of hydrogen-bond acceptors (Lipinski definition) is 3. The van der Waals surface area contributed by atoms with E-state index in [1.165, 1.54) is 12.1 Å². The first kappa shape index (κ1) is 16.5. The minimum absolute atomic E-state index is 0.235. The first-order chi connectivity index (χ1) is 11.1. The van der Waals surface area contributed by atoms with E-state index < -0.39 is 0 Å². The third-order valence-corrected chi connectivity index (χ3v) is 3.18. The van der Waals surface area contributed by atoms with Crippen molar-refractivity contribution in [3.05, 3.63) is 65.5 Å². The van der Waals surface area contributed by atoms with Crippen molar-refractivity contribution in [3.8, 4) is 11.8 Å². The van der Waals surface area contributed by atoms with E-state index in [1.54, 1.807) is 37.3 Å². The maximum Gasteiger partial charge on any atom is 0.251 e. The molecule has 0 saturated carbocycles. The largest absolute Gasteiger partial charge is 0.489 e. The van der Waals surface area contributed by atoms with Gasteiger partial charge in [0.25, 0.3) is 5.91 Å². The Morgan fingerprint density at radius 3 is 2.83 bits per heavy atom. The summed E-state index contributed by atoms with van der Waals surface area (Å²) in [6.07, 6.45) is 0. The van der Waals surface area contributed by atoms with Crippen LogP contribution in [0.25, 0.3) is 0 Å². The van der Waals surface area contributed by atoms with E-state index >= 15 is 0 Å². The van der Waals surface area contributed by atoms with Gasteiger partial charge in [-0.2, -0.15) is 5.26 Å². The summed E-state index contributed by atoms with van der Waals surface area (Å²) in [5.41, 5.74) is 1.30. The third-order valence-electron chi connectivity index (χ3n) is 3.18. The Bertz CT molecular complexity index is 725. The number of nitriles is 1. The summed E-state index contributed by atoms with van der Waals surface area (Å²) < 4.78 is 18.6. The Morgan fingerprint density at radius 2 is 2.09 bits per heavy atom. The molecule has 0 saturated heterocycles. The van der Waals surface area contributed by atoms with Crippen molar-refractivity contribution < 1.29 is 13.9 Å². The van der Waals surface area contributed by atoms with E-state index in [-0.39, 0.29) is 24.2 Å². The van der Waals surface area contributed by atoms with Gasteiger partial charge in [-0.25, -0.2) is 4.39 Å². The molecule has 0 spiro atoms. The molecular weight excluding hydrogens is 295 g/mol. The average Bonchev–Trinajstić information content (AvgIpc) is 2.58. The highest BCUT2D eigenvalue weighted by atomic mass is 19.1. The van der Waals surface area contributed by atoms with Gasteiger partial charge >= 0.3 is 0 Å². The van der Waals surface area contributed by atoms with Crippen LogP contribution in [0.5, 0.6) is 5.75 Å². The zero-order chi connectivity index (χ0) is 16.7. The summed E-state index contributed by atoms with van der Waals surface area (Å²) in [7, 11) is 0. The van der Waals surface area contributed by atoms with Gasteiger partial charge in [-0.3, -0.25) is 4.79 Å². The fraction of sp³-hybridized carbons (Fsp3) is 0.222. The topological polar surface area (TPSA) is 62.1 Å². The summed E-state index contributed by atoms with van der Waals surface area (Å²) in [6, 6.07) is 14.9. The van der Waals surface area contributed by atoms with Crippen molar-refractivity contribution in [1.29, 1.82) is 5.26 Å². The SMILES string of the molecule is C[C@H](C#N)CNC(=O)c1cccc(COc2cccc(F)c2)c1. The van der Waals surface area contributed by atoms with Crippen molar-refractivity contribution in [2.75, 3.05) is 6.54 Å². The first-order valence-electron chi connectivity index (χ1n) is 7.23. The number of carbonyl (C=O) groups is 1. The minimum Gasteiger partial charge on any atom is -0.489 e. The van der Waals surface area contributed by atoms with E-state index in [0.29, 0.717) is 17.9 Å². The quantitative estimate of drug-likeness (QED) is 0.890. The molecule has 0 aliphatic rings. The summed E-state index contributed by atoms with van der Waals surface area (Å²) in [6.45, 7) is 2.28. The number of nitrogens with zero attached hydrogens (tertiary/aromatic N) is 1. The molecule has 0 bridgehead atoms. The van der Waals surface area contributed by atoms with Gasteiger partial charge < -0.3 is 10.1 Å². The normalized spacial score (nSPS) is 11.3. The molecule has 0 aliphatic heterocycles. The molecule has 0 heterocycles. The molecule has 0 unspecified atom stereocenters. The van der Waals surface area contributed by atoms with Gasteiger partial charge in [0.2, 0.25) is 0 Å². The van der Waals surface area contributed by atoms with Crippen LogP contribution < -0.4 is 10.1 Å². The average molecular weight is 312 g/mol. The molecule has 118 valence electrons. The smallest absolute Gasteiger partial charge is 0.251 e. The molecule has 1 amide bonds. The summed E-state index contributed by atoms with van der Waals surface area (Å²) in [4.78, 5) is 12.0. The van der Waals surface area contributed by atoms with Crippen LogP contribution in [0.1, 0.15) is 22.8 Å². The molecule has 2 aromatic rings. The zero-order valence-electron chi connectivity index (χ0n) is 12.8. The van der Waals surface area contributed by atoms with Gasteiger partial charge in [0.15, 0.2) is 0 Å². The van der Waals surface area contributed by atoms with Crippen molar-refractivity contribution in [2.45, 2.75) is 13.5 Å². The Hall–Kier alpha value is -2.87. The van der Waals surface area contributed by atoms with Gasteiger partial charge in [0.1, 0.15) is 18.2 Å². The van der Waals surface area contributed by atoms with Crippen molar-refractivity contribution in [3.63, 3.8) is 0 Å². The maximum absolute atomic E-state index is 13.1. The number of nitrogens with one attached hydrogen (secondary N) is 1. The lowest BCUT2D eigenvalue weighted by atomic mass is 10.1. The van der Waals surface area contributed by atoms with Crippen LogP contribution in [0.15, 0.2) is 48.5 Å². The lowest BCUT2D eigenvalue weighted by molar-refractivity contribution is 0.0950. The van der Waals surface area contributed by atoms with Crippen LogP contribution in [0.4, 0.5) is 4.39 Å². The van der Waals surface area contributed by atoms with Crippen LogP contribution in [-0.2, 0) is 6.61 Å². The van der Waals surface area contributed by atoms with E-state index in [4.69, 9.17) is 10.00 Å². The Balaban J connectivity index is 1.96. The van der Waals surface area contributed by atoms with E-state index in [2.05, 4.69) is 11.4 Å². The van der Waals surface area contributed by atoms with Crippen LogP contribution in [0, 0.1) is 23.1 Å². The van der Waals surface area contributed by atoms with Crippen molar-refractivity contribution in [2.24, 2.45) is 5.92 Å². The second kappa shape index (κ2) is 7.95. The van der Waals surface area contributed by atoms with Gasteiger partial charge in [-0.05, 0) is 36.8 Å². The molecule has 2 aromatic carbocycles. The van der Waals surface area contributed by atoms with Crippen molar-refractivity contribution in [1.82, 2.24) is 5.32 Å². The van der Waals surface area contributed by atoms with Crippen LogP contribution in [-0.4, -0.2) is 12.5 Å². The maximum atomic E-state index is 13.1. The number of rotatable bonds is 6. The van der Waals surface area contributed by atoms with Gasteiger partial charge in [0, 0.05) is 18.2 Å². The third kappa shape index (κ3) is 5.11. The molecule has 0 aliphatic carbocycles. The highest BCUT2D eigenvalue weighted by molar-refractivity contribution is 5.94. The number of ether oxygens (including phenoxy) is 1. The predicted molar refractivity (Wildman–Crippen MR) is 84.3 cm³/mol. The van der Waals surface area contributed by atoms with Crippen LogP contribution in [0.2, 0.25) is 0 Å². The van der Waals surface area contributed by atoms with Crippen molar-refractivity contribution >= 4 is 5.91 Å². The molecule has 0 radical (unpaired) electrons. The minimum atomic E-state index is -0.359. The van der Waals surface area contributed by atoms with Gasteiger partial charge in [-0.15, -0.1) is 0 Å². The van der Waals surface area contributed by atoms with E-state index in [9.17, 15) is 9.18 Å². The lowest BCUT2D eigenvalue weighted by Gasteiger charge is -2.09. The van der Waals surface area contributed by atoms with Crippen LogP contribution >= 0.6 is 0 Å². The monoisotopic (exact) mass is 312 g/mol. The number of halogens is 1. The number of benzene rings is 2. The summed E-state index contributed by atoms with van der Waals surface area (Å²) in [5.74, 6) is -0.400. The number of hydrogen-bond donors (Lipinski definition) is 1. The van der Waals surface area contributed by atoms with Gasteiger partial charge in [-0.1, -0.05) is 18.2 Å². The van der Waals surface area contributed by atoms with Crippen LogP contribution in [0.3, 0.4) is 0 Å². The highest BCUT2D eigenvalue weighted by Crippen LogP contribution is 2.15. The predicted octanol–water partition coefficient (Wildman–Crippen LogP) is 3.29. The standard InChI is InChI=1S/C18H17FN2O2/c1-13(10-20)11-21-18(22)15-5-2-4-14(8-15)12-23-17-7-3-6-16(19)9-17/h2-9,13H,11-12H2,1H3,(H,21,22)/t13-/m1/s1. The molecule has 1 N–H and O–H groups in total. The molecule has 1 atom stereocenters. The Kier molecular flexibility index (Phi) is 5.70. The highest BCUT2D eigenvalue weighted by Gasteiger charge is 2.08. The Labute approximate surface area is 134 Å². The molecule has 2 rings (SSSR count). The lowest BCUT2D eigenvalue weighted by Crippen LogP contribution is -2.27. The number of amides is 1. The van der Waals surface area contributed by atoms with Gasteiger partial charge in [0.05, 0.1) is 12.0 Å². The number of carbonyl (C=O) groups excluding carboxylic acids is 1. The molecule has 0 aromatic heterocycles. The first-order valence-corrected chi connectivity index (χ1v) is 7.23. The molecule has 0 fully saturated rings. The molecule has 4 nitrogen and oxygen atoms in total.